The molecule has 1 aliphatic heterocycles. The minimum Gasteiger partial charge on any atom is -0.493 e. The summed E-state index contributed by atoms with van der Waals surface area (Å²) in [7, 11) is 3.28. The summed E-state index contributed by atoms with van der Waals surface area (Å²) in [6, 6.07) is 7.52. The molecule has 5 nitrogen and oxygen atoms in total. The molecule has 1 amide bonds. The number of carbonyl (C=O) groups is 1. The van der Waals surface area contributed by atoms with E-state index in [4.69, 9.17) is 13.9 Å². The maximum absolute atomic E-state index is 12.9. The average Bonchev–Trinajstić information content (AvgIpc) is 3.14. The lowest BCUT2D eigenvalue weighted by Gasteiger charge is -2.38. The Balaban J connectivity index is 2.02. The minimum absolute atomic E-state index is 0.00107. The zero-order chi connectivity index (χ0) is 18.0. The van der Waals surface area contributed by atoms with E-state index in [2.05, 4.69) is 13.8 Å². The highest BCUT2D eigenvalue weighted by atomic mass is 16.5. The first-order valence-electron chi connectivity index (χ1n) is 8.64. The van der Waals surface area contributed by atoms with E-state index in [1.165, 1.54) is 11.8 Å². The van der Waals surface area contributed by atoms with Crippen LogP contribution >= 0.6 is 0 Å². The van der Waals surface area contributed by atoms with Crippen LogP contribution in [0, 0.1) is 5.92 Å². The van der Waals surface area contributed by atoms with E-state index in [1.807, 2.05) is 17.0 Å². The largest absolute Gasteiger partial charge is 0.493 e. The lowest BCUT2D eigenvalue weighted by Crippen LogP contribution is -2.40. The maximum atomic E-state index is 12.9. The average molecular weight is 343 g/mol. The second-order valence-corrected chi connectivity index (χ2v) is 6.78. The maximum Gasteiger partial charge on any atom is 0.290 e. The van der Waals surface area contributed by atoms with E-state index < -0.39 is 0 Å². The SMILES string of the molecule is COc1cc2c(cc1OC)C(CC(C)C)N(C(=O)c1ccco1)CC2. The summed E-state index contributed by atoms with van der Waals surface area (Å²) in [4.78, 5) is 14.8. The van der Waals surface area contributed by atoms with Crippen LogP contribution in [-0.2, 0) is 6.42 Å². The number of nitrogens with zero attached hydrogens (tertiary/aromatic N) is 1. The Kier molecular flexibility index (Phi) is 5.02. The molecular formula is C20H25NO4. The first-order valence-corrected chi connectivity index (χ1v) is 8.64. The van der Waals surface area contributed by atoms with Gasteiger partial charge in [0.15, 0.2) is 17.3 Å². The van der Waals surface area contributed by atoms with E-state index in [0.717, 1.165) is 24.2 Å². The number of rotatable bonds is 5. The third-order valence-corrected chi connectivity index (χ3v) is 4.69. The summed E-state index contributed by atoms with van der Waals surface area (Å²) in [6.07, 6.45) is 3.21. The lowest BCUT2D eigenvalue weighted by atomic mass is 9.87. The van der Waals surface area contributed by atoms with Gasteiger partial charge in [-0.1, -0.05) is 13.8 Å². The molecule has 2 aromatic rings. The summed E-state index contributed by atoms with van der Waals surface area (Å²) < 4.78 is 16.2. The van der Waals surface area contributed by atoms with E-state index >= 15 is 0 Å². The smallest absolute Gasteiger partial charge is 0.290 e. The van der Waals surface area contributed by atoms with Gasteiger partial charge >= 0.3 is 0 Å². The molecule has 0 aliphatic carbocycles. The fourth-order valence-corrected chi connectivity index (χ4v) is 3.51. The summed E-state index contributed by atoms with van der Waals surface area (Å²) in [5.74, 6) is 2.21. The molecule has 134 valence electrons. The van der Waals surface area contributed by atoms with Crippen LogP contribution in [0.25, 0.3) is 0 Å². The monoisotopic (exact) mass is 343 g/mol. The number of carbonyl (C=O) groups excluding carboxylic acids is 1. The highest BCUT2D eigenvalue weighted by Crippen LogP contribution is 2.41. The minimum atomic E-state index is -0.0592. The number of amides is 1. The number of hydrogen-bond acceptors (Lipinski definition) is 4. The van der Waals surface area contributed by atoms with Crippen LogP contribution in [0.2, 0.25) is 0 Å². The van der Waals surface area contributed by atoms with Crippen molar-refractivity contribution in [2.24, 2.45) is 5.92 Å². The zero-order valence-electron chi connectivity index (χ0n) is 15.2. The van der Waals surface area contributed by atoms with Crippen molar-refractivity contribution in [3.8, 4) is 11.5 Å². The number of hydrogen-bond donors (Lipinski definition) is 0. The Morgan fingerprint density at radius 2 is 2.00 bits per heavy atom. The molecule has 1 aliphatic rings. The molecular weight excluding hydrogens is 318 g/mol. The fourth-order valence-electron chi connectivity index (χ4n) is 3.51. The Bertz CT molecular complexity index is 736. The predicted molar refractivity (Wildman–Crippen MR) is 95.2 cm³/mol. The van der Waals surface area contributed by atoms with E-state index in [-0.39, 0.29) is 11.9 Å². The molecule has 25 heavy (non-hydrogen) atoms. The van der Waals surface area contributed by atoms with E-state index in [9.17, 15) is 4.79 Å². The lowest BCUT2D eigenvalue weighted by molar-refractivity contribution is 0.0603. The van der Waals surface area contributed by atoms with Gasteiger partial charge in [0.1, 0.15) is 0 Å². The number of fused-ring (bicyclic) bond motifs is 1. The number of methoxy groups -OCH3 is 2. The van der Waals surface area contributed by atoms with Crippen molar-refractivity contribution in [1.82, 2.24) is 4.90 Å². The number of ether oxygens (including phenoxy) is 2. The molecule has 0 spiro atoms. The summed E-state index contributed by atoms with van der Waals surface area (Å²) >= 11 is 0. The van der Waals surface area contributed by atoms with Gasteiger partial charge in [-0.05, 0) is 54.2 Å². The molecule has 2 heterocycles. The quantitative estimate of drug-likeness (QED) is 0.821. The van der Waals surface area contributed by atoms with Gasteiger partial charge in [0, 0.05) is 6.54 Å². The van der Waals surface area contributed by atoms with E-state index in [1.54, 1.807) is 26.4 Å². The van der Waals surface area contributed by atoms with Gasteiger partial charge in [0.05, 0.1) is 26.5 Å². The fraction of sp³-hybridized carbons (Fsp3) is 0.450. The van der Waals surface area contributed by atoms with Crippen LogP contribution in [0.15, 0.2) is 34.9 Å². The number of benzene rings is 1. The van der Waals surface area contributed by atoms with Gasteiger partial charge < -0.3 is 18.8 Å². The Morgan fingerprint density at radius 3 is 2.60 bits per heavy atom. The van der Waals surface area contributed by atoms with Crippen molar-refractivity contribution in [3.63, 3.8) is 0 Å². The molecule has 0 saturated heterocycles. The van der Waals surface area contributed by atoms with E-state index in [0.29, 0.717) is 24.0 Å². The van der Waals surface area contributed by atoms with Crippen molar-refractivity contribution in [2.75, 3.05) is 20.8 Å². The normalized spacial score (nSPS) is 16.7. The summed E-state index contributed by atoms with van der Waals surface area (Å²) in [5, 5.41) is 0. The van der Waals surface area contributed by atoms with Crippen LogP contribution < -0.4 is 9.47 Å². The molecule has 5 heteroatoms. The van der Waals surface area contributed by atoms with Gasteiger partial charge in [-0.25, -0.2) is 0 Å². The molecule has 0 bridgehead atoms. The van der Waals surface area contributed by atoms with Crippen molar-refractivity contribution in [3.05, 3.63) is 47.4 Å². The van der Waals surface area contributed by atoms with Gasteiger partial charge in [-0.15, -0.1) is 0 Å². The van der Waals surface area contributed by atoms with Gasteiger partial charge in [0.2, 0.25) is 0 Å². The standard InChI is InChI=1S/C20H25NO4/c1-13(2)10-16-15-12-19(24-4)18(23-3)11-14(15)7-8-21(16)20(22)17-6-5-9-25-17/h5-6,9,11-13,16H,7-8,10H2,1-4H3. The highest BCUT2D eigenvalue weighted by molar-refractivity contribution is 5.92. The molecule has 0 saturated carbocycles. The molecule has 1 aromatic heterocycles. The van der Waals surface area contributed by atoms with Gasteiger partial charge in [0.25, 0.3) is 5.91 Å². The van der Waals surface area contributed by atoms with Crippen LogP contribution in [0.3, 0.4) is 0 Å². The van der Waals surface area contributed by atoms with Crippen molar-refractivity contribution >= 4 is 5.91 Å². The first-order chi connectivity index (χ1) is 12.0. The second kappa shape index (κ2) is 7.21. The molecule has 1 unspecified atom stereocenters. The third kappa shape index (κ3) is 3.36. The molecule has 1 aromatic carbocycles. The number of furan rings is 1. The van der Waals surface area contributed by atoms with Crippen LogP contribution in [0.1, 0.15) is 48.0 Å². The van der Waals surface area contributed by atoms with Crippen LogP contribution in [0.5, 0.6) is 11.5 Å². The highest BCUT2D eigenvalue weighted by Gasteiger charge is 2.33. The van der Waals surface area contributed by atoms with Crippen molar-refractivity contribution < 1.29 is 18.7 Å². The van der Waals surface area contributed by atoms with Gasteiger partial charge in [-0.2, -0.15) is 0 Å². The molecule has 0 fully saturated rings. The second-order valence-electron chi connectivity index (χ2n) is 6.78. The first kappa shape index (κ1) is 17.4. The summed E-state index contributed by atoms with van der Waals surface area (Å²) in [6.45, 7) is 5.01. The topological polar surface area (TPSA) is 51.9 Å². The van der Waals surface area contributed by atoms with Gasteiger partial charge in [-0.3, -0.25) is 4.79 Å². The molecule has 1 atom stereocenters. The molecule has 3 rings (SSSR count). The Labute approximate surface area is 148 Å². The summed E-state index contributed by atoms with van der Waals surface area (Å²) in [5.41, 5.74) is 2.35. The van der Waals surface area contributed by atoms with Crippen LogP contribution in [-0.4, -0.2) is 31.6 Å². The zero-order valence-corrected chi connectivity index (χ0v) is 15.2. The van der Waals surface area contributed by atoms with Crippen molar-refractivity contribution in [2.45, 2.75) is 32.7 Å². The Hall–Kier alpha value is -2.43. The Morgan fingerprint density at radius 1 is 1.28 bits per heavy atom. The third-order valence-electron chi connectivity index (χ3n) is 4.69. The predicted octanol–water partition coefficient (Wildman–Crippen LogP) is 4.08. The van der Waals surface area contributed by atoms with Crippen molar-refractivity contribution in [1.29, 1.82) is 0 Å². The van der Waals surface area contributed by atoms with Crippen LogP contribution in [0.4, 0.5) is 0 Å². The molecule has 0 N–H and O–H groups in total. The molecule has 0 radical (unpaired) electrons.